The van der Waals surface area contributed by atoms with Crippen molar-refractivity contribution >= 4 is 11.9 Å². The molecule has 1 aliphatic rings. The molecule has 6 nitrogen and oxygen atoms in total. The van der Waals surface area contributed by atoms with Gasteiger partial charge in [-0.05, 0) is 58.3 Å². The summed E-state index contributed by atoms with van der Waals surface area (Å²) in [6.45, 7) is 7.23. The normalized spacial score (nSPS) is 24.6. The van der Waals surface area contributed by atoms with E-state index >= 15 is 0 Å². The van der Waals surface area contributed by atoms with E-state index in [-0.39, 0.29) is 42.1 Å². The lowest BCUT2D eigenvalue weighted by Gasteiger charge is -2.25. The van der Waals surface area contributed by atoms with E-state index in [1.165, 1.54) is 6.92 Å². The first-order valence-corrected chi connectivity index (χ1v) is 12.1. The molecule has 0 amide bonds. The average molecular weight is 441 g/mol. The number of allylic oxidation sites excluding steroid dienone is 2. The van der Waals surface area contributed by atoms with Crippen molar-refractivity contribution in [2.24, 2.45) is 11.8 Å². The first-order chi connectivity index (χ1) is 14.7. The Balaban J connectivity index is 2.53. The van der Waals surface area contributed by atoms with Crippen LogP contribution in [0.15, 0.2) is 12.2 Å². The summed E-state index contributed by atoms with van der Waals surface area (Å²) in [7, 11) is 0. The van der Waals surface area contributed by atoms with E-state index in [1.54, 1.807) is 0 Å². The predicted molar refractivity (Wildman–Crippen MR) is 121 cm³/mol. The summed E-state index contributed by atoms with van der Waals surface area (Å²) in [6.07, 6.45) is 11.4. The monoisotopic (exact) mass is 440 g/mol. The summed E-state index contributed by atoms with van der Waals surface area (Å²) in [4.78, 5) is 23.1. The number of carbonyl (C=O) groups is 2. The molecule has 0 heterocycles. The summed E-state index contributed by atoms with van der Waals surface area (Å²) < 4.78 is 10.6. The van der Waals surface area contributed by atoms with Crippen LogP contribution in [0.1, 0.15) is 98.3 Å². The summed E-state index contributed by atoms with van der Waals surface area (Å²) in [5, 5.41) is 20.9. The summed E-state index contributed by atoms with van der Waals surface area (Å²) >= 11 is 0. The summed E-state index contributed by atoms with van der Waals surface area (Å²) in [6, 6.07) is 0. The van der Waals surface area contributed by atoms with E-state index < -0.39 is 6.10 Å². The molecule has 1 rings (SSSR count). The second-order valence-electron chi connectivity index (χ2n) is 9.14. The number of unbranched alkanes of at least 4 members (excludes halogenated alkanes) is 3. The number of aliphatic hydroxyl groups is 2. The highest BCUT2D eigenvalue weighted by Gasteiger charge is 2.43. The third-order valence-corrected chi connectivity index (χ3v) is 5.98. The number of carbonyl (C=O) groups excluding carboxylic acids is 2. The van der Waals surface area contributed by atoms with Gasteiger partial charge in [0.15, 0.2) is 0 Å². The molecule has 6 heteroatoms. The second-order valence-corrected chi connectivity index (χ2v) is 9.14. The molecule has 5 atom stereocenters. The Morgan fingerprint density at radius 2 is 1.84 bits per heavy atom. The molecular formula is C25H44O6. The lowest BCUT2D eigenvalue weighted by molar-refractivity contribution is -0.149. The van der Waals surface area contributed by atoms with Crippen LogP contribution in [-0.4, -0.2) is 46.6 Å². The molecule has 0 aromatic heterocycles. The first kappa shape index (κ1) is 27.6. The average Bonchev–Trinajstić information content (AvgIpc) is 2.96. The molecule has 2 N–H and O–H groups in total. The largest absolute Gasteiger partial charge is 0.463 e. The van der Waals surface area contributed by atoms with Crippen molar-refractivity contribution in [3.63, 3.8) is 0 Å². The lowest BCUT2D eigenvalue weighted by atomic mass is 9.85. The van der Waals surface area contributed by atoms with Crippen LogP contribution < -0.4 is 0 Å². The van der Waals surface area contributed by atoms with Gasteiger partial charge < -0.3 is 19.7 Å². The van der Waals surface area contributed by atoms with Crippen LogP contribution in [0, 0.1) is 11.8 Å². The summed E-state index contributed by atoms with van der Waals surface area (Å²) in [5.41, 5.74) is 0. The quantitative estimate of drug-likeness (QED) is 0.218. The van der Waals surface area contributed by atoms with Crippen molar-refractivity contribution in [3.05, 3.63) is 12.2 Å². The topological polar surface area (TPSA) is 93.1 Å². The zero-order valence-electron chi connectivity index (χ0n) is 19.9. The molecule has 0 bridgehead atoms. The maximum absolute atomic E-state index is 11.6. The minimum absolute atomic E-state index is 0.00866. The molecule has 0 radical (unpaired) electrons. The fraction of sp³-hybridized carbons (Fsp3) is 0.840. The van der Waals surface area contributed by atoms with Gasteiger partial charge in [0, 0.05) is 25.7 Å². The van der Waals surface area contributed by atoms with Crippen LogP contribution in [0.3, 0.4) is 0 Å². The Bertz CT molecular complexity index is 544. The van der Waals surface area contributed by atoms with Gasteiger partial charge in [0.2, 0.25) is 0 Å². The molecule has 180 valence electrons. The van der Waals surface area contributed by atoms with E-state index in [9.17, 15) is 19.8 Å². The molecule has 1 fully saturated rings. The number of hydrogen-bond acceptors (Lipinski definition) is 6. The molecule has 0 spiro atoms. The molecule has 0 unspecified atom stereocenters. The van der Waals surface area contributed by atoms with Gasteiger partial charge in [-0.2, -0.15) is 0 Å². The molecule has 0 aliphatic heterocycles. The molecule has 1 aliphatic carbocycles. The van der Waals surface area contributed by atoms with Gasteiger partial charge in [-0.3, -0.25) is 9.59 Å². The van der Waals surface area contributed by atoms with Gasteiger partial charge in [-0.25, -0.2) is 0 Å². The zero-order chi connectivity index (χ0) is 23.2. The minimum Gasteiger partial charge on any atom is -0.463 e. The van der Waals surface area contributed by atoms with Gasteiger partial charge in [0.25, 0.3) is 0 Å². The Morgan fingerprint density at radius 1 is 1.10 bits per heavy atom. The van der Waals surface area contributed by atoms with Crippen molar-refractivity contribution in [2.45, 2.75) is 123 Å². The highest BCUT2D eigenvalue weighted by molar-refractivity contribution is 5.69. The third-order valence-electron chi connectivity index (χ3n) is 5.98. The highest BCUT2D eigenvalue weighted by Crippen LogP contribution is 2.40. The van der Waals surface area contributed by atoms with Crippen molar-refractivity contribution in [2.75, 3.05) is 0 Å². The molecule has 0 aromatic carbocycles. The van der Waals surface area contributed by atoms with Gasteiger partial charge in [-0.15, -0.1) is 0 Å². The van der Waals surface area contributed by atoms with Crippen molar-refractivity contribution in [3.8, 4) is 0 Å². The third kappa shape index (κ3) is 11.7. The molecular weight excluding hydrogens is 396 g/mol. The maximum Gasteiger partial charge on any atom is 0.306 e. The van der Waals surface area contributed by atoms with Crippen LogP contribution >= 0.6 is 0 Å². The van der Waals surface area contributed by atoms with E-state index in [0.29, 0.717) is 25.7 Å². The van der Waals surface area contributed by atoms with E-state index in [1.807, 2.05) is 19.9 Å². The SMILES string of the molecule is CCCCC[C@H](O)CC[C@@H]1[C@@H](C/C=C\CCCC(=O)OC(C)C)[C@@H](O)C[C@H]1OC(C)=O. The Kier molecular flexibility index (Phi) is 13.7. The van der Waals surface area contributed by atoms with E-state index in [4.69, 9.17) is 9.47 Å². The minimum atomic E-state index is -0.516. The summed E-state index contributed by atoms with van der Waals surface area (Å²) in [5.74, 6) is -0.439. The van der Waals surface area contributed by atoms with Crippen LogP contribution in [0.25, 0.3) is 0 Å². The first-order valence-electron chi connectivity index (χ1n) is 12.1. The number of ether oxygens (including phenoxy) is 2. The maximum atomic E-state index is 11.6. The van der Waals surface area contributed by atoms with Crippen LogP contribution in [0.5, 0.6) is 0 Å². The molecule has 31 heavy (non-hydrogen) atoms. The standard InChI is InChI=1S/C25H44O6/c1-5-6-9-12-20(27)15-16-22-21(23(28)17-24(22)31-19(4)26)13-10-7-8-11-14-25(29)30-18(2)3/h7,10,18,20-24,27-28H,5-6,8-9,11-17H2,1-4H3/b10-7-/t20-,21+,22+,23-,24+/m0/s1. The number of esters is 2. The fourth-order valence-corrected chi connectivity index (χ4v) is 4.45. The van der Waals surface area contributed by atoms with Crippen LogP contribution in [-0.2, 0) is 19.1 Å². The van der Waals surface area contributed by atoms with Gasteiger partial charge in [0.1, 0.15) is 6.10 Å². The number of rotatable bonds is 15. The Labute approximate surface area is 188 Å². The Morgan fingerprint density at radius 3 is 2.48 bits per heavy atom. The van der Waals surface area contributed by atoms with Crippen LogP contribution in [0.4, 0.5) is 0 Å². The van der Waals surface area contributed by atoms with Gasteiger partial charge in [0.05, 0.1) is 18.3 Å². The smallest absolute Gasteiger partial charge is 0.306 e. The number of aliphatic hydroxyl groups excluding tert-OH is 2. The fourth-order valence-electron chi connectivity index (χ4n) is 4.45. The lowest BCUT2D eigenvalue weighted by Crippen LogP contribution is -2.26. The van der Waals surface area contributed by atoms with Gasteiger partial charge >= 0.3 is 11.9 Å². The van der Waals surface area contributed by atoms with E-state index in [2.05, 4.69) is 13.0 Å². The van der Waals surface area contributed by atoms with E-state index in [0.717, 1.165) is 44.9 Å². The predicted octanol–water partition coefficient (Wildman–Crippen LogP) is 4.70. The van der Waals surface area contributed by atoms with Crippen molar-refractivity contribution in [1.82, 2.24) is 0 Å². The highest BCUT2D eigenvalue weighted by atomic mass is 16.5. The van der Waals surface area contributed by atoms with Gasteiger partial charge in [-0.1, -0.05) is 38.3 Å². The van der Waals surface area contributed by atoms with Crippen molar-refractivity contribution in [1.29, 1.82) is 0 Å². The second kappa shape index (κ2) is 15.4. The molecule has 1 saturated carbocycles. The molecule has 0 aromatic rings. The zero-order valence-corrected chi connectivity index (χ0v) is 19.9. The molecule has 0 saturated heterocycles. The van der Waals surface area contributed by atoms with Crippen LogP contribution in [0.2, 0.25) is 0 Å². The Hall–Kier alpha value is -1.40. The van der Waals surface area contributed by atoms with Crippen molar-refractivity contribution < 1.29 is 29.3 Å². The number of hydrogen-bond donors (Lipinski definition) is 2.